The minimum Gasteiger partial charge on any atom is -0.495 e. The summed E-state index contributed by atoms with van der Waals surface area (Å²) < 4.78 is 38.4. The molecule has 10 heteroatoms. The van der Waals surface area contributed by atoms with Gasteiger partial charge >= 0.3 is 0 Å². The smallest absolute Gasteiger partial charge is 0.264 e. The lowest BCUT2D eigenvalue weighted by Gasteiger charge is -2.34. The summed E-state index contributed by atoms with van der Waals surface area (Å²) in [6, 6.07) is 10.6. The summed E-state index contributed by atoms with van der Waals surface area (Å²) in [5.74, 6) is -0.666. The van der Waals surface area contributed by atoms with Gasteiger partial charge in [-0.2, -0.15) is 0 Å². The number of rotatable bonds is 5. The molecule has 3 N–H and O–H groups in total. The fraction of sp³-hybridized carbons (Fsp3) is 0.222. The van der Waals surface area contributed by atoms with E-state index in [-0.39, 0.29) is 28.8 Å². The Morgan fingerprint density at radius 1 is 1.25 bits per heavy atom. The minimum absolute atomic E-state index is 0.0709. The van der Waals surface area contributed by atoms with Crippen LogP contribution in [0.5, 0.6) is 11.5 Å². The second-order valence-corrected chi connectivity index (χ2v) is 7.92. The number of amides is 2. The molecule has 0 saturated carbocycles. The molecule has 2 amide bonds. The summed E-state index contributed by atoms with van der Waals surface area (Å²) in [7, 11) is -2.70. The minimum atomic E-state index is -4.07. The van der Waals surface area contributed by atoms with Crippen LogP contribution in [-0.4, -0.2) is 40.0 Å². The summed E-state index contributed by atoms with van der Waals surface area (Å²) in [6.07, 6.45) is -1.12. The zero-order valence-corrected chi connectivity index (χ0v) is 16.0. The molecular weight excluding hydrogens is 386 g/mol. The highest BCUT2D eigenvalue weighted by molar-refractivity contribution is 7.92. The molecule has 1 heterocycles. The van der Waals surface area contributed by atoms with Crippen LogP contribution in [0.1, 0.15) is 6.92 Å². The van der Waals surface area contributed by atoms with Crippen molar-refractivity contribution < 1.29 is 27.5 Å². The van der Waals surface area contributed by atoms with Crippen LogP contribution in [0.4, 0.5) is 11.4 Å². The average molecular weight is 405 g/mol. The summed E-state index contributed by atoms with van der Waals surface area (Å²) in [6.45, 7) is 1.07. The molecule has 3 rings (SSSR count). The summed E-state index contributed by atoms with van der Waals surface area (Å²) in [4.78, 5) is 22.9. The van der Waals surface area contributed by atoms with Gasteiger partial charge in [0.15, 0.2) is 6.10 Å². The third kappa shape index (κ3) is 3.58. The van der Waals surface area contributed by atoms with E-state index in [0.717, 1.165) is 4.31 Å². The Kier molecular flexibility index (Phi) is 5.14. The first-order valence-electron chi connectivity index (χ1n) is 8.27. The SMILES string of the molecule is COc1cc(S(=O)(=O)N2C[C@@H](C(N)=O)Oc3ccccc32)ccc1NC(C)=O. The number of fused-ring (bicyclic) bond motifs is 1. The summed E-state index contributed by atoms with van der Waals surface area (Å²) in [5, 5.41) is 2.57. The van der Waals surface area contributed by atoms with Gasteiger partial charge in [-0.15, -0.1) is 0 Å². The van der Waals surface area contributed by atoms with Crippen molar-refractivity contribution in [1.29, 1.82) is 0 Å². The number of ether oxygens (including phenoxy) is 2. The van der Waals surface area contributed by atoms with Gasteiger partial charge in [0.05, 0.1) is 29.9 Å². The lowest BCUT2D eigenvalue weighted by molar-refractivity contribution is -0.124. The maximum atomic E-state index is 13.3. The van der Waals surface area contributed by atoms with E-state index >= 15 is 0 Å². The number of carbonyl (C=O) groups is 2. The van der Waals surface area contributed by atoms with E-state index in [0.29, 0.717) is 11.4 Å². The molecule has 0 unspecified atom stereocenters. The van der Waals surface area contributed by atoms with E-state index in [9.17, 15) is 18.0 Å². The molecular formula is C18H19N3O6S. The molecule has 2 aromatic carbocycles. The van der Waals surface area contributed by atoms with Gasteiger partial charge in [0, 0.05) is 13.0 Å². The lowest BCUT2D eigenvalue weighted by atomic mass is 10.2. The van der Waals surface area contributed by atoms with Crippen molar-refractivity contribution in [2.45, 2.75) is 17.9 Å². The zero-order chi connectivity index (χ0) is 20.5. The number of hydrogen-bond acceptors (Lipinski definition) is 6. The van der Waals surface area contributed by atoms with E-state index < -0.39 is 22.0 Å². The molecule has 0 spiro atoms. The van der Waals surface area contributed by atoms with Gasteiger partial charge < -0.3 is 20.5 Å². The van der Waals surface area contributed by atoms with Crippen molar-refractivity contribution >= 4 is 33.2 Å². The first kappa shape index (κ1) is 19.5. The Morgan fingerprint density at radius 3 is 2.61 bits per heavy atom. The van der Waals surface area contributed by atoms with Gasteiger partial charge in [-0.05, 0) is 24.3 Å². The number of sulfonamides is 1. The van der Waals surface area contributed by atoms with E-state index in [1.807, 2.05) is 0 Å². The van der Waals surface area contributed by atoms with Crippen molar-refractivity contribution in [3.05, 3.63) is 42.5 Å². The highest BCUT2D eigenvalue weighted by atomic mass is 32.2. The van der Waals surface area contributed by atoms with Gasteiger partial charge in [-0.25, -0.2) is 8.42 Å². The zero-order valence-electron chi connectivity index (χ0n) is 15.2. The monoisotopic (exact) mass is 405 g/mol. The first-order chi connectivity index (χ1) is 13.2. The molecule has 2 aromatic rings. The van der Waals surface area contributed by atoms with Crippen LogP contribution in [0.3, 0.4) is 0 Å². The van der Waals surface area contributed by atoms with Crippen LogP contribution in [-0.2, 0) is 19.6 Å². The maximum absolute atomic E-state index is 13.3. The van der Waals surface area contributed by atoms with Crippen molar-refractivity contribution in [2.75, 3.05) is 23.3 Å². The Bertz CT molecular complexity index is 1040. The van der Waals surface area contributed by atoms with Gasteiger partial charge in [0.2, 0.25) is 5.91 Å². The summed E-state index contributed by atoms with van der Waals surface area (Å²) in [5.41, 5.74) is 5.97. The highest BCUT2D eigenvalue weighted by Crippen LogP contribution is 2.38. The number of primary amides is 1. The predicted octanol–water partition coefficient (Wildman–Crippen LogP) is 1.10. The maximum Gasteiger partial charge on any atom is 0.264 e. The molecule has 0 radical (unpaired) electrons. The van der Waals surface area contributed by atoms with Crippen molar-refractivity contribution in [3.8, 4) is 11.5 Å². The van der Waals surface area contributed by atoms with Crippen molar-refractivity contribution in [2.24, 2.45) is 5.73 Å². The third-order valence-electron chi connectivity index (χ3n) is 4.12. The van der Waals surface area contributed by atoms with E-state index in [1.165, 1.54) is 32.2 Å². The molecule has 148 valence electrons. The molecule has 0 fully saturated rings. The number of anilines is 2. The van der Waals surface area contributed by atoms with E-state index in [4.69, 9.17) is 15.2 Å². The number of carbonyl (C=O) groups excluding carboxylic acids is 2. The Balaban J connectivity index is 2.07. The number of benzene rings is 2. The van der Waals surface area contributed by atoms with Crippen LogP contribution < -0.4 is 24.8 Å². The fourth-order valence-electron chi connectivity index (χ4n) is 2.83. The van der Waals surface area contributed by atoms with Gasteiger partial charge in [0.25, 0.3) is 15.9 Å². The second kappa shape index (κ2) is 7.39. The largest absolute Gasteiger partial charge is 0.495 e. The van der Waals surface area contributed by atoms with Crippen molar-refractivity contribution in [3.63, 3.8) is 0 Å². The van der Waals surface area contributed by atoms with Crippen LogP contribution in [0.2, 0.25) is 0 Å². The van der Waals surface area contributed by atoms with E-state index in [1.54, 1.807) is 24.3 Å². The molecule has 9 nitrogen and oxygen atoms in total. The number of para-hydroxylation sites is 2. The van der Waals surface area contributed by atoms with Gasteiger partial charge in [-0.3, -0.25) is 13.9 Å². The molecule has 1 atom stereocenters. The van der Waals surface area contributed by atoms with Crippen molar-refractivity contribution in [1.82, 2.24) is 0 Å². The molecule has 1 aliphatic heterocycles. The molecule has 0 saturated heterocycles. The quantitative estimate of drug-likeness (QED) is 0.766. The number of nitrogens with two attached hydrogens (primary N) is 1. The molecule has 0 aromatic heterocycles. The number of hydrogen-bond donors (Lipinski definition) is 2. The number of methoxy groups -OCH3 is 1. The third-order valence-corrected chi connectivity index (χ3v) is 5.90. The molecule has 0 bridgehead atoms. The van der Waals surface area contributed by atoms with Crippen LogP contribution in [0.15, 0.2) is 47.4 Å². The average Bonchev–Trinajstić information content (AvgIpc) is 2.66. The Labute approximate surface area is 162 Å². The normalized spacial score (nSPS) is 15.9. The number of nitrogens with zero attached hydrogens (tertiary/aromatic N) is 1. The van der Waals surface area contributed by atoms with Crippen LogP contribution in [0, 0.1) is 0 Å². The predicted molar refractivity (Wildman–Crippen MR) is 102 cm³/mol. The van der Waals surface area contributed by atoms with Crippen LogP contribution in [0.25, 0.3) is 0 Å². The highest BCUT2D eigenvalue weighted by Gasteiger charge is 2.36. The first-order valence-corrected chi connectivity index (χ1v) is 9.71. The lowest BCUT2D eigenvalue weighted by Crippen LogP contribution is -2.49. The Hall–Kier alpha value is -3.27. The topological polar surface area (TPSA) is 128 Å². The standard InChI is InChI=1S/C18H19N3O6S/c1-11(22)20-13-8-7-12(9-16(13)26-2)28(24,25)21-10-17(18(19)23)27-15-6-4-3-5-14(15)21/h3-9,17H,10H2,1-2H3,(H2,19,23)(H,20,22)/t17-/m0/s1. The van der Waals surface area contributed by atoms with Crippen LogP contribution >= 0.6 is 0 Å². The Morgan fingerprint density at radius 2 is 1.96 bits per heavy atom. The van der Waals surface area contributed by atoms with E-state index in [2.05, 4.69) is 5.32 Å². The number of nitrogens with one attached hydrogen (secondary N) is 1. The molecule has 28 heavy (non-hydrogen) atoms. The molecule has 1 aliphatic rings. The van der Waals surface area contributed by atoms with Gasteiger partial charge in [-0.1, -0.05) is 12.1 Å². The fourth-order valence-corrected chi connectivity index (χ4v) is 4.32. The molecule has 0 aliphatic carbocycles. The second-order valence-electron chi connectivity index (χ2n) is 6.06. The van der Waals surface area contributed by atoms with Gasteiger partial charge in [0.1, 0.15) is 11.5 Å². The summed E-state index contributed by atoms with van der Waals surface area (Å²) >= 11 is 0.